The lowest BCUT2D eigenvalue weighted by atomic mass is 10.3. The predicted octanol–water partition coefficient (Wildman–Crippen LogP) is 5.38. The Hall–Kier alpha value is -0.540. The molecule has 0 aromatic heterocycles. The summed E-state index contributed by atoms with van der Waals surface area (Å²) in [7, 11) is 0. The maximum absolute atomic E-state index is 6.11. The van der Waals surface area contributed by atoms with Crippen molar-refractivity contribution in [3.05, 3.63) is 51.5 Å². The molecule has 88 valence electrons. The first-order valence-electron chi connectivity index (χ1n) is 4.74. The first kappa shape index (κ1) is 12.9. The van der Waals surface area contributed by atoms with Crippen LogP contribution in [0.4, 0.5) is 5.69 Å². The van der Waals surface area contributed by atoms with E-state index < -0.39 is 0 Å². The molecule has 17 heavy (non-hydrogen) atoms. The summed E-state index contributed by atoms with van der Waals surface area (Å²) in [6, 6.07) is 10.9. The Morgan fingerprint density at radius 3 is 2.18 bits per heavy atom. The average Bonchev–Trinajstić information content (AvgIpc) is 2.23. The Morgan fingerprint density at radius 2 is 1.59 bits per heavy atom. The van der Waals surface area contributed by atoms with Crippen molar-refractivity contribution >= 4 is 52.3 Å². The zero-order chi connectivity index (χ0) is 12.4. The highest BCUT2D eigenvalue weighted by molar-refractivity contribution is 7.99. The van der Waals surface area contributed by atoms with Gasteiger partial charge in [-0.05, 0) is 30.3 Å². The van der Waals surface area contributed by atoms with Crippen molar-refractivity contribution in [1.82, 2.24) is 0 Å². The largest absolute Gasteiger partial charge is 0.399 e. The lowest BCUT2D eigenvalue weighted by Crippen LogP contribution is -1.86. The minimum absolute atomic E-state index is 0.542. The molecule has 2 aromatic rings. The van der Waals surface area contributed by atoms with Crippen molar-refractivity contribution in [2.75, 3.05) is 5.73 Å². The maximum Gasteiger partial charge on any atom is 0.0581 e. The van der Waals surface area contributed by atoms with E-state index in [4.69, 9.17) is 40.5 Å². The number of hydrogen-bond donors (Lipinski definition) is 1. The zero-order valence-corrected chi connectivity index (χ0v) is 11.7. The van der Waals surface area contributed by atoms with Crippen LogP contribution in [0.25, 0.3) is 0 Å². The van der Waals surface area contributed by atoms with Gasteiger partial charge in [-0.2, -0.15) is 0 Å². The molecule has 0 atom stereocenters. The lowest BCUT2D eigenvalue weighted by molar-refractivity contribution is 1.41. The molecular weight excluding hydrogens is 297 g/mol. The molecule has 0 spiro atoms. The van der Waals surface area contributed by atoms with Gasteiger partial charge in [0.25, 0.3) is 0 Å². The van der Waals surface area contributed by atoms with Crippen molar-refractivity contribution in [3.63, 3.8) is 0 Å². The second-order valence-electron chi connectivity index (χ2n) is 3.37. The Bertz CT molecular complexity index is 534. The summed E-state index contributed by atoms with van der Waals surface area (Å²) in [5.41, 5.74) is 6.20. The summed E-state index contributed by atoms with van der Waals surface area (Å²) < 4.78 is 0. The molecular formula is C12H8Cl3NS. The molecule has 2 aromatic carbocycles. The van der Waals surface area contributed by atoms with Crippen LogP contribution in [0, 0.1) is 0 Å². The minimum Gasteiger partial charge on any atom is -0.399 e. The fourth-order valence-electron chi connectivity index (χ4n) is 1.33. The molecule has 0 fully saturated rings. The summed E-state index contributed by atoms with van der Waals surface area (Å²) in [5.74, 6) is 0. The van der Waals surface area contributed by atoms with Crippen molar-refractivity contribution in [2.45, 2.75) is 9.79 Å². The summed E-state index contributed by atoms with van der Waals surface area (Å²) in [6.45, 7) is 0. The summed E-state index contributed by atoms with van der Waals surface area (Å²) in [5, 5.41) is 1.76. The van der Waals surface area contributed by atoms with Gasteiger partial charge in [-0.3, -0.25) is 0 Å². The Labute approximate surface area is 119 Å². The van der Waals surface area contributed by atoms with Gasteiger partial charge in [0.05, 0.1) is 10.0 Å². The molecule has 0 amide bonds. The van der Waals surface area contributed by atoms with Crippen LogP contribution in [0.3, 0.4) is 0 Å². The number of rotatable bonds is 2. The van der Waals surface area contributed by atoms with E-state index in [1.165, 1.54) is 11.8 Å². The predicted molar refractivity (Wildman–Crippen MR) is 76.4 cm³/mol. The van der Waals surface area contributed by atoms with Crippen molar-refractivity contribution in [2.24, 2.45) is 0 Å². The van der Waals surface area contributed by atoms with E-state index in [1.807, 2.05) is 24.3 Å². The fraction of sp³-hybridized carbons (Fsp3) is 0. The third-order valence-corrected chi connectivity index (χ3v) is 4.23. The van der Waals surface area contributed by atoms with Crippen molar-refractivity contribution in [1.29, 1.82) is 0 Å². The monoisotopic (exact) mass is 303 g/mol. The van der Waals surface area contributed by atoms with Gasteiger partial charge in [-0.15, -0.1) is 0 Å². The van der Waals surface area contributed by atoms with Crippen LogP contribution in [-0.4, -0.2) is 0 Å². The molecule has 1 nitrogen and oxygen atoms in total. The molecule has 0 aliphatic rings. The number of anilines is 1. The molecule has 0 saturated carbocycles. The average molecular weight is 305 g/mol. The number of benzene rings is 2. The summed E-state index contributed by atoms with van der Waals surface area (Å²) in [4.78, 5) is 1.76. The molecule has 5 heteroatoms. The first-order chi connectivity index (χ1) is 8.06. The van der Waals surface area contributed by atoms with Crippen LogP contribution in [0.5, 0.6) is 0 Å². The molecule has 0 saturated heterocycles. The first-order valence-corrected chi connectivity index (χ1v) is 6.69. The molecule has 0 heterocycles. The zero-order valence-electron chi connectivity index (χ0n) is 8.58. The van der Waals surface area contributed by atoms with E-state index >= 15 is 0 Å². The molecule has 2 rings (SSSR count). The van der Waals surface area contributed by atoms with Gasteiger partial charge in [0.1, 0.15) is 0 Å². The van der Waals surface area contributed by atoms with Crippen LogP contribution in [-0.2, 0) is 0 Å². The highest BCUT2D eigenvalue weighted by Gasteiger charge is 2.09. The SMILES string of the molecule is Nc1cc(Cl)c(Sc2cccc(Cl)c2)c(Cl)c1. The van der Waals surface area contributed by atoms with Gasteiger partial charge in [-0.1, -0.05) is 52.6 Å². The number of halogens is 3. The summed E-state index contributed by atoms with van der Waals surface area (Å²) >= 11 is 19.6. The second-order valence-corrected chi connectivity index (χ2v) is 5.71. The van der Waals surface area contributed by atoms with E-state index in [0.29, 0.717) is 20.8 Å². The normalized spacial score (nSPS) is 10.5. The van der Waals surface area contributed by atoms with Gasteiger partial charge >= 0.3 is 0 Å². The van der Waals surface area contributed by atoms with E-state index in [0.717, 1.165) is 9.79 Å². The highest BCUT2D eigenvalue weighted by atomic mass is 35.5. The maximum atomic E-state index is 6.11. The van der Waals surface area contributed by atoms with E-state index in [2.05, 4.69) is 0 Å². The topological polar surface area (TPSA) is 26.0 Å². The second kappa shape index (κ2) is 5.40. The van der Waals surface area contributed by atoms with Crippen molar-refractivity contribution < 1.29 is 0 Å². The number of hydrogen-bond acceptors (Lipinski definition) is 2. The molecule has 0 bridgehead atoms. The summed E-state index contributed by atoms with van der Waals surface area (Å²) in [6.07, 6.45) is 0. The van der Waals surface area contributed by atoms with Gasteiger partial charge in [0.2, 0.25) is 0 Å². The fourth-order valence-corrected chi connectivity index (χ4v) is 3.20. The molecule has 0 aliphatic heterocycles. The minimum atomic E-state index is 0.542. The Kier molecular flexibility index (Phi) is 4.10. The highest BCUT2D eigenvalue weighted by Crippen LogP contribution is 2.40. The Balaban J connectivity index is 2.36. The third-order valence-electron chi connectivity index (χ3n) is 2.04. The lowest BCUT2D eigenvalue weighted by Gasteiger charge is -2.08. The van der Waals surface area contributed by atoms with Crippen molar-refractivity contribution in [3.8, 4) is 0 Å². The molecule has 0 aliphatic carbocycles. The van der Waals surface area contributed by atoms with Gasteiger partial charge in [0, 0.05) is 20.5 Å². The molecule has 2 N–H and O–H groups in total. The number of nitrogens with two attached hydrogens (primary N) is 1. The van der Waals surface area contributed by atoms with Crippen LogP contribution in [0.15, 0.2) is 46.2 Å². The smallest absolute Gasteiger partial charge is 0.0581 e. The van der Waals surface area contributed by atoms with E-state index in [-0.39, 0.29) is 0 Å². The third kappa shape index (κ3) is 3.23. The van der Waals surface area contributed by atoms with Gasteiger partial charge < -0.3 is 5.73 Å². The van der Waals surface area contributed by atoms with Gasteiger partial charge in [0.15, 0.2) is 0 Å². The van der Waals surface area contributed by atoms with Crippen LogP contribution < -0.4 is 5.73 Å². The van der Waals surface area contributed by atoms with Crippen LogP contribution in [0.1, 0.15) is 0 Å². The van der Waals surface area contributed by atoms with E-state index in [1.54, 1.807) is 12.1 Å². The van der Waals surface area contributed by atoms with Gasteiger partial charge in [-0.25, -0.2) is 0 Å². The van der Waals surface area contributed by atoms with E-state index in [9.17, 15) is 0 Å². The standard InChI is InChI=1S/C12H8Cl3NS/c13-7-2-1-3-9(4-7)17-12-10(14)5-8(16)6-11(12)15/h1-6H,16H2. The van der Waals surface area contributed by atoms with Crippen LogP contribution >= 0.6 is 46.6 Å². The molecule has 0 radical (unpaired) electrons. The Morgan fingerprint density at radius 1 is 0.941 bits per heavy atom. The van der Waals surface area contributed by atoms with Crippen LogP contribution in [0.2, 0.25) is 15.1 Å². The number of nitrogen functional groups attached to an aromatic ring is 1. The molecule has 0 unspecified atom stereocenters. The quantitative estimate of drug-likeness (QED) is 0.754.